The summed E-state index contributed by atoms with van der Waals surface area (Å²) in [6, 6.07) is 6.68. The van der Waals surface area contributed by atoms with Crippen molar-refractivity contribution in [1.82, 2.24) is 10.6 Å². The normalized spacial score (nSPS) is 17.5. The maximum Gasteiger partial charge on any atom is 0.411 e. The molecule has 1 heterocycles. The lowest BCUT2D eigenvalue weighted by Gasteiger charge is -2.22. The van der Waals surface area contributed by atoms with Crippen LogP contribution in [0.5, 0.6) is 5.75 Å². The van der Waals surface area contributed by atoms with Gasteiger partial charge in [0.25, 0.3) is 0 Å². The minimum Gasteiger partial charge on any atom is -0.433 e. The number of ether oxygens (including phenoxy) is 2. The molecule has 0 spiro atoms. The molecule has 11 heteroatoms. The van der Waals surface area contributed by atoms with Crippen LogP contribution in [0, 0.1) is 0 Å². The van der Waals surface area contributed by atoms with Crippen molar-refractivity contribution in [3.8, 4) is 5.75 Å². The average Bonchev–Trinajstić information content (AvgIpc) is 3.12. The monoisotopic (exact) mass is 438 g/mol. The number of benzene rings is 1. The smallest absolute Gasteiger partial charge is 0.411 e. The van der Waals surface area contributed by atoms with Gasteiger partial charge in [0.15, 0.2) is 5.96 Å². The predicted octanol–water partition coefficient (Wildman–Crippen LogP) is 3.39. The van der Waals surface area contributed by atoms with Gasteiger partial charge in [-0.15, -0.1) is 0 Å². The first-order valence-electron chi connectivity index (χ1n) is 9.76. The molecule has 0 saturated carbocycles. The Morgan fingerprint density at radius 2 is 2.07 bits per heavy atom. The molecule has 30 heavy (non-hydrogen) atoms. The molecule has 1 aliphatic heterocycles. The third kappa shape index (κ3) is 8.60. The molecule has 0 aliphatic carbocycles. The van der Waals surface area contributed by atoms with Crippen molar-refractivity contribution in [2.45, 2.75) is 38.6 Å². The zero-order valence-electron chi connectivity index (χ0n) is 16.7. The quantitative estimate of drug-likeness (QED) is 0.254. The molecular formula is C19H27F5N4O2. The molecule has 1 aromatic rings. The van der Waals surface area contributed by atoms with E-state index in [1.54, 1.807) is 18.2 Å². The third-order valence-corrected chi connectivity index (χ3v) is 4.28. The number of rotatable bonds is 10. The van der Waals surface area contributed by atoms with E-state index < -0.39 is 19.4 Å². The zero-order valence-corrected chi connectivity index (χ0v) is 16.7. The van der Waals surface area contributed by atoms with E-state index in [1.165, 1.54) is 6.07 Å². The number of nitrogens with zero attached hydrogens (tertiary/aromatic N) is 2. The summed E-state index contributed by atoms with van der Waals surface area (Å²) in [6.07, 6.45) is -3.20. The molecule has 0 aromatic heterocycles. The summed E-state index contributed by atoms with van der Waals surface area (Å²) < 4.78 is 70.6. The zero-order chi connectivity index (χ0) is 22.0. The highest BCUT2D eigenvalue weighted by atomic mass is 19.4. The van der Waals surface area contributed by atoms with Gasteiger partial charge >= 0.3 is 12.8 Å². The highest BCUT2D eigenvalue weighted by Gasteiger charge is 2.27. The molecule has 1 saturated heterocycles. The fourth-order valence-electron chi connectivity index (χ4n) is 3.07. The van der Waals surface area contributed by atoms with Crippen molar-refractivity contribution in [3.05, 3.63) is 24.3 Å². The number of hydrogen-bond acceptors (Lipinski definition) is 4. The van der Waals surface area contributed by atoms with Crippen LogP contribution in [0.15, 0.2) is 29.3 Å². The molecule has 1 aromatic carbocycles. The van der Waals surface area contributed by atoms with Crippen LogP contribution in [0.4, 0.5) is 27.6 Å². The van der Waals surface area contributed by atoms with Crippen molar-refractivity contribution in [3.63, 3.8) is 0 Å². The van der Waals surface area contributed by atoms with Gasteiger partial charge in [0.05, 0.1) is 5.69 Å². The van der Waals surface area contributed by atoms with Crippen molar-refractivity contribution in [1.29, 1.82) is 0 Å². The topological polar surface area (TPSA) is 58.1 Å². The van der Waals surface area contributed by atoms with Gasteiger partial charge in [-0.25, -0.2) is 0 Å². The summed E-state index contributed by atoms with van der Waals surface area (Å²) in [5.41, 5.74) is 0.603. The summed E-state index contributed by atoms with van der Waals surface area (Å²) in [4.78, 5) is 6.32. The van der Waals surface area contributed by atoms with Gasteiger partial charge in [0.1, 0.15) is 12.4 Å². The molecule has 1 unspecified atom stereocenters. The molecular weight excluding hydrogens is 411 g/mol. The number of para-hydroxylation sites is 2. The summed E-state index contributed by atoms with van der Waals surface area (Å²) in [5.74, 6) is 0.685. The first kappa shape index (κ1) is 24.0. The van der Waals surface area contributed by atoms with Gasteiger partial charge in [0, 0.05) is 38.8 Å². The second-order valence-corrected chi connectivity index (χ2v) is 6.70. The van der Waals surface area contributed by atoms with Crippen molar-refractivity contribution >= 4 is 11.6 Å². The Kier molecular flexibility index (Phi) is 9.41. The summed E-state index contributed by atoms with van der Waals surface area (Å²) in [5, 5.41) is 6.37. The molecule has 1 fully saturated rings. The lowest BCUT2D eigenvalue weighted by Crippen LogP contribution is -2.44. The Hall–Kier alpha value is -2.30. The molecule has 2 N–H and O–H groups in total. The highest BCUT2D eigenvalue weighted by molar-refractivity contribution is 5.80. The van der Waals surface area contributed by atoms with Gasteiger partial charge in [-0.1, -0.05) is 12.1 Å². The lowest BCUT2D eigenvalue weighted by atomic mass is 10.2. The van der Waals surface area contributed by atoms with E-state index in [0.29, 0.717) is 44.2 Å². The number of alkyl halides is 5. The van der Waals surface area contributed by atoms with Gasteiger partial charge in [-0.2, -0.15) is 22.0 Å². The van der Waals surface area contributed by atoms with Crippen LogP contribution in [0.3, 0.4) is 0 Å². The number of guanidine groups is 1. The van der Waals surface area contributed by atoms with Gasteiger partial charge < -0.3 is 25.0 Å². The molecule has 1 atom stereocenters. The molecule has 2 rings (SSSR count). The number of anilines is 1. The van der Waals surface area contributed by atoms with E-state index in [0.717, 1.165) is 6.42 Å². The van der Waals surface area contributed by atoms with E-state index in [9.17, 15) is 22.0 Å². The number of halogens is 5. The van der Waals surface area contributed by atoms with Crippen molar-refractivity contribution < 1.29 is 31.4 Å². The van der Waals surface area contributed by atoms with Crippen LogP contribution in [0.2, 0.25) is 0 Å². The Bertz CT molecular complexity index is 673. The lowest BCUT2D eigenvalue weighted by molar-refractivity contribution is -0.173. The van der Waals surface area contributed by atoms with Gasteiger partial charge in [0.2, 0.25) is 0 Å². The summed E-state index contributed by atoms with van der Waals surface area (Å²) in [7, 11) is 0. The predicted molar refractivity (Wildman–Crippen MR) is 104 cm³/mol. The Morgan fingerprint density at radius 3 is 2.77 bits per heavy atom. The molecule has 0 bridgehead atoms. The Morgan fingerprint density at radius 1 is 1.30 bits per heavy atom. The SMILES string of the molecule is CCNC(=NCCCOCC(F)(F)F)NC1CCN(c2ccccc2OC(F)F)C1. The fraction of sp³-hybridized carbons (Fsp3) is 0.632. The minimum atomic E-state index is -4.33. The maximum absolute atomic E-state index is 12.6. The summed E-state index contributed by atoms with van der Waals surface area (Å²) >= 11 is 0. The largest absolute Gasteiger partial charge is 0.433 e. The van der Waals surface area contributed by atoms with E-state index >= 15 is 0 Å². The van der Waals surface area contributed by atoms with Gasteiger partial charge in [-0.05, 0) is 31.9 Å². The first-order valence-corrected chi connectivity index (χ1v) is 9.76. The molecule has 6 nitrogen and oxygen atoms in total. The average molecular weight is 438 g/mol. The molecule has 0 amide bonds. The van der Waals surface area contributed by atoms with E-state index in [-0.39, 0.29) is 18.4 Å². The van der Waals surface area contributed by atoms with Crippen molar-refractivity contribution in [2.24, 2.45) is 4.99 Å². The maximum atomic E-state index is 12.6. The first-order chi connectivity index (χ1) is 14.3. The second-order valence-electron chi connectivity index (χ2n) is 6.70. The summed E-state index contributed by atoms with van der Waals surface area (Å²) in [6.45, 7) is -0.108. The van der Waals surface area contributed by atoms with Crippen LogP contribution < -0.4 is 20.3 Å². The fourth-order valence-corrected chi connectivity index (χ4v) is 3.07. The molecule has 170 valence electrons. The van der Waals surface area contributed by atoms with E-state index in [4.69, 9.17) is 0 Å². The Labute approximate surface area is 172 Å². The van der Waals surface area contributed by atoms with Crippen LogP contribution in [0.25, 0.3) is 0 Å². The van der Waals surface area contributed by atoms with E-state index in [2.05, 4.69) is 25.1 Å². The molecule has 1 aliphatic rings. The van der Waals surface area contributed by atoms with Crippen LogP contribution in [0.1, 0.15) is 19.8 Å². The number of hydrogen-bond donors (Lipinski definition) is 2. The number of aliphatic imine (C=N–C) groups is 1. The minimum absolute atomic E-state index is 0.0272. The third-order valence-electron chi connectivity index (χ3n) is 4.28. The molecule has 0 radical (unpaired) electrons. The Balaban J connectivity index is 1.84. The standard InChI is InChI=1S/C19H27F5N4O2/c1-2-25-18(26-9-5-11-29-13-19(22,23)24)27-14-8-10-28(12-14)15-6-3-4-7-16(15)30-17(20)21/h3-4,6-7,14,17H,2,5,8-13H2,1H3,(H2,25,26,27). The van der Waals surface area contributed by atoms with E-state index in [1.807, 2.05) is 11.8 Å². The number of nitrogens with one attached hydrogen (secondary N) is 2. The van der Waals surface area contributed by atoms with Crippen LogP contribution in [-0.4, -0.2) is 64.2 Å². The van der Waals surface area contributed by atoms with Crippen molar-refractivity contribution in [2.75, 3.05) is 44.3 Å². The van der Waals surface area contributed by atoms with Gasteiger partial charge in [-0.3, -0.25) is 4.99 Å². The van der Waals surface area contributed by atoms with Crippen LogP contribution in [-0.2, 0) is 4.74 Å². The van der Waals surface area contributed by atoms with Crippen LogP contribution >= 0.6 is 0 Å². The highest BCUT2D eigenvalue weighted by Crippen LogP contribution is 2.31. The second kappa shape index (κ2) is 11.8.